The van der Waals surface area contributed by atoms with Crippen LogP contribution < -0.4 is 0 Å². The van der Waals surface area contributed by atoms with E-state index in [-0.39, 0.29) is 23.9 Å². The first-order chi connectivity index (χ1) is 12.6. The van der Waals surface area contributed by atoms with E-state index in [0.29, 0.717) is 34.5 Å². The zero-order valence-electron chi connectivity index (χ0n) is 16.3. The van der Waals surface area contributed by atoms with Crippen LogP contribution in [-0.2, 0) is 16.0 Å². The predicted octanol–water partition coefficient (Wildman–Crippen LogP) is 4.73. The molecule has 1 aromatic carbocycles. The summed E-state index contributed by atoms with van der Waals surface area (Å²) in [5, 5.41) is 12.1. The van der Waals surface area contributed by atoms with Crippen molar-refractivity contribution in [3.8, 4) is 0 Å². The van der Waals surface area contributed by atoms with Gasteiger partial charge in [-0.25, -0.2) is 4.79 Å². The van der Waals surface area contributed by atoms with Gasteiger partial charge in [0.2, 0.25) is 0 Å². The van der Waals surface area contributed by atoms with Gasteiger partial charge in [-0.2, -0.15) is 0 Å². The van der Waals surface area contributed by atoms with Crippen LogP contribution in [0.4, 0.5) is 0 Å². The van der Waals surface area contributed by atoms with E-state index < -0.39 is 11.6 Å². The molecule has 4 rings (SSSR count). The molecular formula is C21H27Cl2NO3. The Morgan fingerprint density at radius 2 is 2.04 bits per heavy atom. The first kappa shape index (κ1) is 20.6. The molecule has 0 saturated heterocycles. The van der Waals surface area contributed by atoms with Crippen molar-refractivity contribution in [1.82, 2.24) is 0 Å². The number of aliphatic hydroxyl groups is 1. The van der Waals surface area contributed by atoms with Crippen molar-refractivity contribution >= 4 is 34.9 Å². The highest BCUT2D eigenvalue weighted by atomic mass is 35.5. The number of ether oxygens (including phenoxy) is 1. The number of nitrogens with zero attached hydrogens (tertiary/aromatic N) is 1. The molecule has 0 unspecified atom stereocenters. The van der Waals surface area contributed by atoms with E-state index in [2.05, 4.69) is 13.8 Å². The van der Waals surface area contributed by atoms with Crippen LogP contribution in [0.1, 0.15) is 46.1 Å². The van der Waals surface area contributed by atoms with Gasteiger partial charge in [-0.15, -0.1) is 0 Å². The fourth-order valence-electron chi connectivity index (χ4n) is 4.64. The van der Waals surface area contributed by atoms with Gasteiger partial charge in [0.15, 0.2) is 6.04 Å². The summed E-state index contributed by atoms with van der Waals surface area (Å²) in [5.41, 5.74) is 0.667. The zero-order chi connectivity index (χ0) is 20.0. The molecule has 3 fully saturated rings. The van der Waals surface area contributed by atoms with Gasteiger partial charge in [0.1, 0.15) is 5.60 Å². The van der Waals surface area contributed by atoms with Gasteiger partial charge in [-0.3, -0.25) is 4.99 Å². The molecule has 27 heavy (non-hydrogen) atoms. The van der Waals surface area contributed by atoms with Gasteiger partial charge in [0.05, 0.1) is 16.7 Å². The summed E-state index contributed by atoms with van der Waals surface area (Å²) in [5.74, 6) is 0.273. The van der Waals surface area contributed by atoms with Crippen molar-refractivity contribution in [2.45, 2.75) is 58.6 Å². The second-order valence-electron chi connectivity index (χ2n) is 8.45. The molecule has 0 aromatic heterocycles. The number of carbonyl (C=O) groups is 1. The normalized spacial score (nSPS) is 31.3. The number of aliphatic imine (C=N–C) groups is 1. The van der Waals surface area contributed by atoms with E-state index >= 15 is 0 Å². The monoisotopic (exact) mass is 411 g/mol. The Kier molecular flexibility index (Phi) is 5.64. The van der Waals surface area contributed by atoms with Crippen molar-refractivity contribution in [3.63, 3.8) is 0 Å². The lowest BCUT2D eigenvalue weighted by molar-refractivity contribution is -0.145. The van der Waals surface area contributed by atoms with E-state index in [4.69, 9.17) is 32.9 Å². The fraction of sp³-hybridized carbons (Fsp3) is 0.619. The lowest BCUT2D eigenvalue weighted by atomic mass is 9.44. The van der Waals surface area contributed by atoms with E-state index in [1.165, 1.54) is 0 Å². The molecule has 4 atom stereocenters. The lowest BCUT2D eigenvalue weighted by Crippen LogP contribution is -2.65. The molecule has 0 heterocycles. The van der Waals surface area contributed by atoms with E-state index in [0.717, 1.165) is 12.0 Å². The lowest BCUT2D eigenvalue weighted by Gasteiger charge is -2.62. The quantitative estimate of drug-likeness (QED) is 0.712. The van der Waals surface area contributed by atoms with Gasteiger partial charge >= 0.3 is 5.97 Å². The van der Waals surface area contributed by atoms with Gasteiger partial charge < -0.3 is 9.84 Å². The average Bonchev–Trinajstić information content (AvgIpc) is 2.58. The number of rotatable bonds is 5. The molecule has 0 amide bonds. The zero-order valence-corrected chi connectivity index (χ0v) is 17.8. The maximum atomic E-state index is 12.5. The summed E-state index contributed by atoms with van der Waals surface area (Å²) in [4.78, 5) is 17.3. The van der Waals surface area contributed by atoms with Crippen LogP contribution in [0.5, 0.6) is 0 Å². The summed E-state index contributed by atoms with van der Waals surface area (Å²) >= 11 is 12.1. The molecule has 2 bridgehead atoms. The Morgan fingerprint density at radius 3 is 2.59 bits per heavy atom. The highest BCUT2D eigenvalue weighted by molar-refractivity contribution is 6.42. The number of fused-ring (bicyclic) bond motifs is 2. The Hall–Kier alpha value is -1.10. The third-order valence-electron chi connectivity index (χ3n) is 6.46. The summed E-state index contributed by atoms with van der Waals surface area (Å²) in [6.45, 7) is 8.30. The van der Waals surface area contributed by atoms with Gasteiger partial charge in [-0.1, -0.05) is 43.1 Å². The highest BCUT2D eigenvalue weighted by Crippen LogP contribution is 2.61. The van der Waals surface area contributed by atoms with Crippen LogP contribution >= 0.6 is 23.2 Å². The number of carbonyl (C=O) groups excluding carboxylic acids is 1. The molecule has 1 aromatic rings. The second kappa shape index (κ2) is 7.38. The van der Waals surface area contributed by atoms with Crippen LogP contribution in [-0.4, -0.2) is 35.0 Å². The SMILES string of the molecule is CCOC(=O)[C@H](Cc1ccc(Cl)c(Cl)c1)N=C1C[C@H]2C[C@H](C2(C)C)[C@@]1(C)O. The van der Waals surface area contributed by atoms with Crippen LogP contribution in [0.3, 0.4) is 0 Å². The molecule has 3 saturated carbocycles. The van der Waals surface area contributed by atoms with Crippen LogP contribution in [0, 0.1) is 17.3 Å². The van der Waals surface area contributed by atoms with Crippen molar-refractivity contribution in [1.29, 1.82) is 0 Å². The van der Waals surface area contributed by atoms with Gasteiger partial charge in [0, 0.05) is 12.1 Å². The highest BCUT2D eigenvalue weighted by Gasteiger charge is 2.61. The van der Waals surface area contributed by atoms with Crippen molar-refractivity contribution in [3.05, 3.63) is 33.8 Å². The number of hydrogen-bond donors (Lipinski definition) is 1. The minimum atomic E-state index is -0.999. The minimum Gasteiger partial charge on any atom is -0.464 e. The Morgan fingerprint density at radius 1 is 1.33 bits per heavy atom. The van der Waals surface area contributed by atoms with Crippen LogP contribution in [0.2, 0.25) is 10.0 Å². The Balaban J connectivity index is 1.88. The molecule has 1 N–H and O–H groups in total. The Labute approximate surface area is 170 Å². The maximum absolute atomic E-state index is 12.5. The fourth-order valence-corrected chi connectivity index (χ4v) is 4.96. The first-order valence-corrected chi connectivity index (χ1v) is 10.2. The molecule has 6 heteroatoms. The molecule has 0 spiro atoms. The standard InChI is InChI=1S/C21H27Cl2NO3/c1-5-27-19(25)16(9-12-6-7-14(22)15(23)8-12)24-18-11-13-10-17(20(13,2)3)21(18,4)26/h6-8,13,16-17,26H,5,9-11H2,1-4H3/t13-,16+,17-,21-/m1/s1. The second-order valence-corrected chi connectivity index (χ2v) is 9.27. The predicted molar refractivity (Wildman–Crippen MR) is 109 cm³/mol. The van der Waals surface area contributed by atoms with E-state index in [1.807, 2.05) is 13.0 Å². The summed E-state index contributed by atoms with van der Waals surface area (Å²) in [6, 6.07) is 4.59. The van der Waals surface area contributed by atoms with Crippen LogP contribution in [0.25, 0.3) is 0 Å². The van der Waals surface area contributed by atoms with Gasteiger partial charge in [0.25, 0.3) is 0 Å². The smallest absolute Gasteiger partial charge is 0.331 e. The summed E-state index contributed by atoms with van der Waals surface area (Å²) < 4.78 is 5.23. The van der Waals surface area contributed by atoms with E-state index in [1.54, 1.807) is 19.1 Å². The molecule has 0 radical (unpaired) electrons. The number of benzene rings is 1. The molecule has 4 nitrogen and oxygen atoms in total. The average molecular weight is 412 g/mol. The summed E-state index contributed by atoms with van der Waals surface area (Å²) in [6.07, 6.45) is 2.08. The molecule has 0 aliphatic heterocycles. The van der Waals surface area contributed by atoms with Crippen molar-refractivity contribution < 1.29 is 14.6 Å². The van der Waals surface area contributed by atoms with Crippen molar-refractivity contribution in [2.24, 2.45) is 22.2 Å². The number of halogens is 2. The third-order valence-corrected chi connectivity index (χ3v) is 7.20. The summed E-state index contributed by atoms with van der Waals surface area (Å²) in [7, 11) is 0. The molecule has 3 aliphatic rings. The maximum Gasteiger partial charge on any atom is 0.331 e. The topological polar surface area (TPSA) is 58.9 Å². The number of hydrogen-bond acceptors (Lipinski definition) is 4. The van der Waals surface area contributed by atoms with Gasteiger partial charge in [-0.05, 0) is 61.6 Å². The molecular weight excluding hydrogens is 385 g/mol. The third kappa shape index (κ3) is 3.76. The largest absolute Gasteiger partial charge is 0.464 e. The first-order valence-electron chi connectivity index (χ1n) is 9.47. The minimum absolute atomic E-state index is 0.103. The van der Waals surface area contributed by atoms with Crippen molar-refractivity contribution in [2.75, 3.05) is 6.61 Å². The molecule has 148 valence electrons. The van der Waals surface area contributed by atoms with Crippen LogP contribution in [0.15, 0.2) is 23.2 Å². The van der Waals surface area contributed by atoms with E-state index in [9.17, 15) is 9.90 Å². The number of esters is 1. The Bertz CT molecular complexity index is 773. The molecule has 3 aliphatic carbocycles.